The van der Waals surface area contributed by atoms with Crippen LogP contribution in [-0.4, -0.2) is 25.8 Å². The molecule has 1 aliphatic rings. The molecule has 1 aliphatic heterocycles. The summed E-state index contributed by atoms with van der Waals surface area (Å²) < 4.78 is 5.56. The van der Waals surface area contributed by atoms with Crippen LogP contribution >= 0.6 is 0 Å². The van der Waals surface area contributed by atoms with Gasteiger partial charge in [-0.25, -0.2) is 0 Å². The Bertz CT molecular complexity index is 159. The quantitative estimate of drug-likeness (QED) is 0.659. The van der Waals surface area contributed by atoms with Crippen LogP contribution in [0.3, 0.4) is 0 Å². The lowest BCUT2D eigenvalue weighted by Gasteiger charge is -2.09. The fourth-order valence-corrected chi connectivity index (χ4v) is 1.58. The van der Waals surface area contributed by atoms with Crippen LogP contribution in [0.15, 0.2) is 11.6 Å². The highest BCUT2D eigenvalue weighted by atomic mass is 16.5. The molecule has 0 aromatic rings. The molecule has 0 spiro atoms. The van der Waals surface area contributed by atoms with E-state index in [2.05, 4.69) is 25.2 Å². The van der Waals surface area contributed by atoms with Crippen molar-refractivity contribution >= 4 is 0 Å². The molecule has 13 heavy (non-hydrogen) atoms. The third-order valence-corrected chi connectivity index (χ3v) is 2.44. The Morgan fingerprint density at radius 1 is 1.54 bits per heavy atom. The lowest BCUT2D eigenvalue weighted by Crippen LogP contribution is -2.17. The van der Waals surface area contributed by atoms with E-state index in [9.17, 15) is 0 Å². The van der Waals surface area contributed by atoms with Gasteiger partial charge in [0.25, 0.3) is 0 Å². The zero-order valence-electron chi connectivity index (χ0n) is 8.81. The Hall–Kier alpha value is -0.340. The van der Waals surface area contributed by atoms with Gasteiger partial charge < -0.3 is 10.1 Å². The topological polar surface area (TPSA) is 21.3 Å². The van der Waals surface area contributed by atoms with Crippen molar-refractivity contribution in [3.8, 4) is 0 Å². The van der Waals surface area contributed by atoms with E-state index in [1.54, 1.807) is 0 Å². The van der Waals surface area contributed by atoms with E-state index in [1.807, 2.05) is 0 Å². The summed E-state index contributed by atoms with van der Waals surface area (Å²) in [5, 5.41) is 3.35. The molecule has 0 saturated carbocycles. The van der Waals surface area contributed by atoms with Gasteiger partial charge in [-0.15, -0.1) is 0 Å². The number of ether oxygens (including phenoxy) is 1. The third-order valence-electron chi connectivity index (χ3n) is 2.44. The van der Waals surface area contributed by atoms with Crippen molar-refractivity contribution in [2.45, 2.75) is 39.2 Å². The second kappa shape index (κ2) is 6.17. The molecule has 1 N–H and O–H groups in total. The summed E-state index contributed by atoms with van der Waals surface area (Å²) in [4.78, 5) is 0. The zero-order chi connectivity index (χ0) is 9.52. The van der Waals surface area contributed by atoms with Crippen molar-refractivity contribution in [2.24, 2.45) is 0 Å². The van der Waals surface area contributed by atoms with Crippen molar-refractivity contribution in [2.75, 3.05) is 19.7 Å². The molecule has 0 aromatic carbocycles. The normalized spacial score (nSPS) is 23.8. The molecule has 1 saturated heterocycles. The van der Waals surface area contributed by atoms with E-state index in [0.717, 1.165) is 26.1 Å². The molecule has 76 valence electrons. The molecule has 0 aromatic heterocycles. The van der Waals surface area contributed by atoms with Crippen molar-refractivity contribution < 1.29 is 4.74 Å². The van der Waals surface area contributed by atoms with Crippen molar-refractivity contribution in [1.82, 2.24) is 5.32 Å². The Morgan fingerprint density at radius 2 is 2.38 bits per heavy atom. The van der Waals surface area contributed by atoms with Gasteiger partial charge in [-0.1, -0.05) is 25.5 Å². The van der Waals surface area contributed by atoms with E-state index in [0.29, 0.717) is 6.10 Å². The molecule has 0 amide bonds. The summed E-state index contributed by atoms with van der Waals surface area (Å²) in [5.41, 5.74) is 1.48. The van der Waals surface area contributed by atoms with Crippen LogP contribution in [0, 0.1) is 0 Å². The Kier molecular flexibility index (Phi) is 5.09. The summed E-state index contributed by atoms with van der Waals surface area (Å²) >= 11 is 0. The molecular formula is C11H21NO. The Balaban J connectivity index is 2.33. The minimum absolute atomic E-state index is 0.397. The van der Waals surface area contributed by atoms with Crippen LogP contribution < -0.4 is 5.32 Å². The number of hydrogen-bond acceptors (Lipinski definition) is 2. The van der Waals surface area contributed by atoms with Crippen LogP contribution in [0.25, 0.3) is 0 Å². The van der Waals surface area contributed by atoms with Crippen molar-refractivity contribution in [3.63, 3.8) is 0 Å². The van der Waals surface area contributed by atoms with Gasteiger partial charge in [-0.3, -0.25) is 0 Å². The Labute approximate surface area is 81.4 Å². The molecule has 1 heterocycles. The SMILES string of the molecule is CCNCC(=CC1CCCO1)CC. The first-order chi connectivity index (χ1) is 6.36. The van der Waals surface area contributed by atoms with Gasteiger partial charge in [-0.05, 0) is 25.8 Å². The van der Waals surface area contributed by atoms with E-state index in [4.69, 9.17) is 4.74 Å². The van der Waals surface area contributed by atoms with Crippen LogP contribution in [0.2, 0.25) is 0 Å². The average molecular weight is 183 g/mol. The van der Waals surface area contributed by atoms with Crippen LogP contribution in [0.5, 0.6) is 0 Å². The van der Waals surface area contributed by atoms with E-state index >= 15 is 0 Å². The predicted octanol–water partition coefficient (Wildman–Crippen LogP) is 2.11. The first-order valence-corrected chi connectivity index (χ1v) is 5.38. The van der Waals surface area contributed by atoms with Crippen molar-refractivity contribution in [3.05, 3.63) is 11.6 Å². The summed E-state index contributed by atoms with van der Waals surface area (Å²) in [6, 6.07) is 0. The van der Waals surface area contributed by atoms with Crippen LogP contribution in [-0.2, 0) is 4.74 Å². The number of likely N-dealkylation sites (N-methyl/N-ethyl adjacent to an activating group) is 1. The molecule has 1 rings (SSSR count). The van der Waals surface area contributed by atoms with Gasteiger partial charge in [0.1, 0.15) is 0 Å². The maximum atomic E-state index is 5.56. The predicted molar refractivity (Wildman–Crippen MR) is 55.9 cm³/mol. The smallest absolute Gasteiger partial charge is 0.0759 e. The average Bonchev–Trinajstić information content (AvgIpc) is 2.64. The lowest BCUT2D eigenvalue weighted by atomic mass is 10.1. The molecule has 0 bridgehead atoms. The van der Waals surface area contributed by atoms with E-state index in [1.165, 1.54) is 18.4 Å². The maximum Gasteiger partial charge on any atom is 0.0759 e. The highest BCUT2D eigenvalue weighted by molar-refractivity contribution is 5.07. The molecule has 1 atom stereocenters. The van der Waals surface area contributed by atoms with Gasteiger partial charge in [-0.2, -0.15) is 0 Å². The molecule has 0 radical (unpaired) electrons. The highest BCUT2D eigenvalue weighted by Crippen LogP contribution is 2.15. The minimum atomic E-state index is 0.397. The highest BCUT2D eigenvalue weighted by Gasteiger charge is 2.12. The van der Waals surface area contributed by atoms with Gasteiger partial charge in [0, 0.05) is 13.2 Å². The first kappa shape index (κ1) is 10.7. The monoisotopic (exact) mass is 183 g/mol. The van der Waals surface area contributed by atoms with Crippen LogP contribution in [0.4, 0.5) is 0 Å². The molecule has 0 aliphatic carbocycles. The second-order valence-corrected chi connectivity index (χ2v) is 3.51. The van der Waals surface area contributed by atoms with Gasteiger partial charge >= 0.3 is 0 Å². The fourth-order valence-electron chi connectivity index (χ4n) is 1.58. The number of hydrogen-bond donors (Lipinski definition) is 1. The summed E-state index contributed by atoms with van der Waals surface area (Å²) in [6.07, 6.45) is 6.26. The minimum Gasteiger partial charge on any atom is -0.374 e. The van der Waals surface area contributed by atoms with Crippen LogP contribution in [0.1, 0.15) is 33.1 Å². The molecule has 1 fully saturated rings. The van der Waals surface area contributed by atoms with Gasteiger partial charge in [0.15, 0.2) is 0 Å². The summed E-state index contributed by atoms with van der Waals surface area (Å²) in [7, 11) is 0. The second-order valence-electron chi connectivity index (χ2n) is 3.51. The van der Waals surface area contributed by atoms with E-state index < -0.39 is 0 Å². The van der Waals surface area contributed by atoms with E-state index in [-0.39, 0.29) is 0 Å². The zero-order valence-corrected chi connectivity index (χ0v) is 8.81. The maximum absolute atomic E-state index is 5.56. The summed E-state index contributed by atoms with van der Waals surface area (Å²) in [5.74, 6) is 0. The van der Waals surface area contributed by atoms with Crippen molar-refractivity contribution in [1.29, 1.82) is 0 Å². The molecule has 2 nitrogen and oxygen atoms in total. The van der Waals surface area contributed by atoms with Gasteiger partial charge in [0.05, 0.1) is 6.10 Å². The molecular weight excluding hydrogens is 162 g/mol. The standard InChI is InChI=1S/C11H21NO/c1-3-10(9-12-4-2)8-11-6-5-7-13-11/h8,11-12H,3-7,9H2,1-2H3. The molecule has 1 unspecified atom stereocenters. The Morgan fingerprint density at radius 3 is 2.92 bits per heavy atom. The summed E-state index contributed by atoms with van der Waals surface area (Å²) in [6.45, 7) is 7.35. The number of nitrogens with one attached hydrogen (secondary N) is 1. The number of rotatable bonds is 5. The largest absolute Gasteiger partial charge is 0.374 e. The lowest BCUT2D eigenvalue weighted by molar-refractivity contribution is 0.145. The third kappa shape index (κ3) is 3.92. The van der Waals surface area contributed by atoms with Gasteiger partial charge in [0.2, 0.25) is 0 Å². The first-order valence-electron chi connectivity index (χ1n) is 5.38. The fraction of sp³-hybridized carbons (Fsp3) is 0.818. The molecule has 2 heteroatoms.